The standard InChI is InChI=1S/C18H24N6S3.Cu.2NO3/c1-10-25-16(19-1)13-22-4-6-23(14-17-20-2-11-26-17)8-9-24(7-5-22)15-18-21-3-12-27-18;;2*2-1(3)4/h1-3,10-12H,4-9,13-15H2;;;/q;+2;2*-1. The summed E-state index contributed by atoms with van der Waals surface area (Å²) in [6, 6.07) is 0. The maximum absolute atomic E-state index is 8.25. The van der Waals surface area contributed by atoms with Gasteiger partial charge in [0.1, 0.15) is 15.0 Å². The largest absolute Gasteiger partial charge is 2.00 e. The maximum Gasteiger partial charge on any atom is 2.00 e. The molecule has 14 nitrogen and oxygen atoms in total. The summed E-state index contributed by atoms with van der Waals surface area (Å²) in [4.78, 5) is 37.5. The van der Waals surface area contributed by atoms with E-state index in [0.29, 0.717) is 0 Å². The molecule has 3 aromatic rings. The first kappa shape index (κ1) is 31.7. The van der Waals surface area contributed by atoms with Crippen molar-refractivity contribution >= 4 is 34.0 Å². The van der Waals surface area contributed by atoms with E-state index in [1.54, 1.807) is 34.0 Å². The first-order valence-electron chi connectivity index (χ1n) is 10.3. The van der Waals surface area contributed by atoms with Gasteiger partial charge in [0.2, 0.25) is 0 Å². The number of hydrogen-bond donors (Lipinski definition) is 0. The summed E-state index contributed by atoms with van der Waals surface area (Å²) in [5.41, 5.74) is 0. The van der Waals surface area contributed by atoms with E-state index in [-0.39, 0.29) is 17.1 Å². The van der Waals surface area contributed by atoms with E-state index in [9.17, 15) is 0 Å². The van der Waals surface area contributed by atoms with Crippen molar-refractivity contribution in [3.63, 3.8) is 0 Å². The Morgan fingerprint density at radius 2 is 0.833 bits per heavy atom. The Labute approximate surface area is 229 Å². The fourth-order valence-electron chi connectivity index (χ4n) is 3.23. The van der Waals surface area contributed by atoms with Gasteiger partial charge in [0.25, 0.3) is 0 Å². The molecule has 0 saturated carbocycles. The van der Waals surface area contributed by atoms with E-state index >= 15 is 0 Å². The molecule has 201 valence electrons. The molecule has 3 aromatic heterocycles. The molecule has 1 aliphatic rings. The first-order valence-corrected chi connectivity index (χ1v) is 12.9. The third kappa shape index (κ3) is 14.3. The monoisotopic (exact) mass is 607 g/mol. The van der Waals surface area contributed by atoms with Gasteiger partial charge in [-0.3, -0.25) is 14.7 Å². The molecule has 0 atom stereocenters. The van der Waals surface area contributed by atoms with Gasteiger partial charge in [-0.05, 0) is 0 Å². The third-order valence-corrected chi connectivity index (χ3v) is 7.02. The Kier molecular flexibility index (Phi) is 15.9. The van der Waals surface area contributed by atoms with Gasteiger partial charge in [-0.15, -0.1) is 34.0 Å². The zero-order chi connectivity index (χ0) is 25.5. The van der Waals surface area contributed by atoms with Crippen molar-refractivity contribution in [2.45, 2.75) is 19.6 Å². The molecule has 0 spiro atoms. The van der Waals surface area contributed by atoms with E-state index in [1.807, 2.05) is 18.6 Å². The molecule has 1 fully saturated rings. The summed E-state index contributed by atoms with van der Waals surface area (Å²) in [7, 11) is 0. The van der Waals surface area contributed by atoms with Crippen LogP contribution in [0.15, 0.2) is 34.7 Å². The van der Waals surface area contributed by atoms with E-state index in [4.69, 9.17) is 30.6 Å². The van der Waals surface area contributed by atoms with Crippen LogP contribution in [0.2, 0.25) is 0 Å². The summed E-state index contributed by atoms with van der Waals surface area (Å²) in [5.74, 6) is 0. The predicted octanol–water partition coefficient (Wildman–Crippen LogP) is 2.40. The van der Waals surface area contributed by atoms with Gasteiger partial charge < -0.3 is 30.6 Å². The molecule has 4 heterocycles. The van der Waals surface area contributed by atoms with Crippen molar-refractivity contribution in [2.24, 2.45) is 0 Å². The Morgan fingerprint density at radius 1 is 0.611 bits per heavy atom. The van der Waals surface area contributed by atoms with Gasteiger partial charge in [-0.1, -0.05) is 0 Å². The average molecular weight is 608 g/mol. The second-order valence-electron chi connectivity index (χ2n) is 7.05. The predicted molar refractivity (Wildman–Crippen MR) is 133 cm³/mol. The van der Waals surface area contributed by atoms with Gasteiger partial charge in [0, 0.05) is 74.0 Å². The molecular weight excluding hydrogens is 584 g/mol. The van der Waals surface area contributed by atoms with Gasteiger partial charge in [-0.2, -0.15) is 0 Å². The second-order valence-corrected chi connectivity index (χ2v) is 9.99. The Balaban J connectivity index is 0.000000634. The van der Waals surface area contributed by atoms with Gasteiger partial charge in [-0.25, -0.2) is 15.0 Å². The van der Waals surface area contributed by atoms with Crippen molar-refractivity contribution in [3.8, 4) is 0 Å². The Morgan fingerprint density at radius 3 is 1.00 bits per heavy atom. The molecule has 0 bridgehead atoms. The normalized spacial score (nSPS) is 15.0. The number of rotatable bonds is 6. The van der Waals surface area contributed by atoms with Crippen LogP contribution in [0.1, 0.15) is 15.0 Å². The summed E-state index contributed by atoms with van der Waals surface area (Å²) >= 11 is 5.24. The average Bonchev–Trinajstić information content (AvgIpc) is 3.56. The zero-order valence-electron chi connectivity index (χ0n) is 18.9. The van der Waals surface area contributed by atoms with Crippen LogP contribution in [0.25, 0.3) is 0 Å². The van der Waals surface area contributed by atoms with E-state index < -0.39 is 10.2 Å². The quantitative estimate of drug-likeness (QED) is 0.227. The Bertz CT molecular complexity index is 831. The van der Waals surface area contributed by atoms with Crippen molar-refractivity contribution in [1.29, 1.82) is 0 Å². The van der Waals surface area contributed by atoms with Crippen LogP contribution in [0.3, 0.4) is 0 Å². The molecule has 18 heteroatoms. The van der Waals surface area contributed by atoms with E-state index in [0.717, 1.165) is 58.9 Å². The van der Waals surface area contributed by atoms with Crippen LogP contribution in [-0.4, -0.2) is 79.1 Å². The van der Waals surface area contributed by atoms with Crippen molar-refractivity contribution < 1.29 is 27.2 Å². The molecule has 1 radical (unpaired) electrons. The number of nitrogens with zero attached hydrogens (tertiary/aromatic N) is 8. The molecule has 4 rings (SSSR count). The summed E-state index contributed by atoms with van der Waals surface area (Å²) < 4.78 is 0. The minimum atomic E-state index is -1.75. The van der Waals surface area contributed by atoms with Crippen LogP contribution in [0.5, 0.6) is 0 Å². The van der Waals surface area contributed by atoms with Crippen molar-refractivity contribution in [1.82, 2.24) is 29.7 Å². The third-order valence-electron chi connectivity index (χ3n) is 4.72. The summed E-state index contributed by atoms with van der Waals surface area (Å²) in [6.45, 7) is 9.21. The summed E-state index contributed by atoms with van der Waals surface area (Å²) in [5, 5.41) is 39.3. The van der Waals surface area contributed by atoms with Crippen LogP contribution in [0.4, 0.5) is 0 Å². The van der Waals surface area contributed by atoms with Gasteiger partial charge >= 0.3 is 17.1 Å². The minimum Gasteiger partial charge on any atom is -0.356 e. The molecular formula is C18H24CuN8O6S3. The minimum absolute atomic E-state index is 0. The molecule has 0 aromatic carbocycles. The van der Waals surface area contributed by atoms with Crippen LogP contribution in [-0.2, 0) is 36.7 Å². The second kappa shape index (κ2) is 18.0. The molecule has 0 unspecified atom stereocenters. The molecule has 0 aliphatic carbocycles. The van der Waals surface area contributed by atoms with Gasteiger partial charge in [0.05, 0.1) is 29.8 Å². The zero-order valence-corrected chi connectivity index (χ0v) is 22.3. The van der Waals surface area contributed by atoms with E-state index in [2.05, 4.69) is 45.8 Å². The van der Waals surface area contributed by atoms with E-state index in [1.165, 1.54) is 15.0 Å². The fourth-order valence-corrected chi connectivity index (χ4v) is 5.20. The number of aromatic nitrogens is 3. The molecule has 1 saturated heterocycles. The van der Waals surface area contributed by atoms with Gasteiger partial charge in [0.15, 0.2) is 0 Å². The number of thiazole rings is 3. The molecule has 0 N–H and O–H groups in total. The molecule has 1 aliphatic heterocycles. The number of hydrogen-bond acceptors (Lipinski definition) is 15. The fraction of sp³-hybridized carbons (Fsp3) is 0.500. The maximum atomic E-state index is 8.25. The first-order chi connectivity index (χ1) is 16.8. The van der Waals surface area contributed by atoms with Crippen LogP contribution in [0, 0.1) is 30.6 Å². The smallest absolute Gasteiger partial charge is 0.356 e. The van der Waals surface area contributed by atoms with Crippen LogP contribution < -0.4 is 0 Å². The van der Waals surface area contributed by atoms with Crippen molar-refractivity contribution in [2.75, 3.05) is 39.3 Å². The Hall–Kier alpha value is -2.31. The van der Waals surface area contributed by atoms with Crippen LogP contribution >= 0.6 is 34.0 Å². The topological polar surface area (TPSA) is 181 Å². The van der Waals surface area contributed by atoms with Crippen molar-refractivity contribution in [3.05, 3.63) is 80.4 Å². The SMILES string of the molecule is O=[N+]([O-])[O-].O=[N+]([O-])[O-].[Cu+2].c1csc(CN2CCN(Cc3nccs3)CCN(Cc3nccs3)CC2)n1. The molecule has 0 amide bonds. The molecule has 36 heavy (non-hydrogen) atoms. The summed E-state index contributed by atoms with van der Waals surface area (Å²) in [6.07, 6.45) is 5.71.